The number of rotatable bonds is 3. The number of carbonyl (C=O) groups excluding carboxylic acids is 1. The first-order chi connectivity index (χ1) is 5.77. The van der Waals surface area contributed by atoms with Crippen LogP contribution < -0.4 is 0 Å². The van der Waals surface area contributed by atoms with Gasteiger partial charge in [-0.05, 0) is 25.2 Å². The molecule has 0 aromatic heterocycles. The lowest BCUT2D eigenvalue weighted by atomic mass is 9.89. The highest BCUT2D eigenvalue weighted by Gasteiger charge is 2.28. The molecular formula is C10H18O2. The topological polar surface area (TPSA) is 26.3 Å². The molecule has 70 valence electrons. The lowest BCUT2D eigenvalue weighted by Crippen LogP contribution is -2.31. The molecule has 0 aromatic rings. The van der Waals surface area contributed by atoms with Gasteiger partial charge in [-0.2, -0.15) is 0 Å². The number of cyclic esters (lactones) is 1. The number of ether oxygens (including phenoxy) is 1. The number of esters is 1. The van der Waals surface area contributed by atoms with Crippen molar-refractivity contribution < 1.29 is 9.53 Å². The molecule has 2 heteroatoms. The molecule has 2 nitrogen and oxygen atoms in total. The van der Waals surface area contributed by atoms with E-state index in [9.17, 15) is 4.79 Å². The van der Waals surface area contributed by atoms with E-state index in [1.807, 2.05) is 0 Å². The summed E-state index contributed by atoms with van der Waals surface area (Å²) >= 11 is 0. The molecule has 0 N–H and O–H groups in total. The summed E-state index contributed by atoms with van der Waals surface area (Å²) in [7, 11) is 0. The Balaban J connectivity index is 2.44. The van der Waals surface area contributed by atoms with Gasteiger partial charge in [0.05, 0.1) is 0 Å². The van der Waals surface area contributed by atoms with Crippen LogP contribution in [0.2, 0.25) is 0 Å². The second-order valence-corrected chi connectivity index (χ2v) is 3.52. The Labute approximate surface area is 74.3 Å². The van der Waals surface area contributed by atoms with Crippen molar-refractivity contribution in [1.29, 1.82) is 0 Å². The van der Waals surface area contributed by atoms with Crippen molar-refractivity contribution in [3.63, 3.8) is 0 Å². The zero-order valence-corrected chi connectivity index (χ0v) is 8.01. The van der Waals surface area contributed by atoms with Crippen LogP contribution in [-0.4, -0.2) is 12.1 Å². The van der Waals surface area contributed by atoms with Crippen molar-refractivity contribution in [3.8, 4) is 0 Å². The van der Waals surface area contributed by atoms with E-state index < -0.39 is 0 Å². The third-order valence-corrected chi connectivity index (χ3v) is 2.59. The van der Waals surface area contributed by atoms with Gasteiger partial charge in [0, 0.05) is 6.42 Å². The molecule has 2 unspecified atom stereocenters. The third kappa shape index (κ3) is 2.23. The predicted molar refractivity (Wildman–Crippen MR) is 47.8 cm³/mol. The highest BCUT2D eigenvalue weighted by atomic mass is 16.5. The molecule has 2 atom stereocenters. The number of carbonyl (C=O) groups is 1. The first-order valence-electron chi connectivity index (χ1n) is 4.97. The fourth-order valence-corrected chi connectivity index (χ4v) is 1.93. The Morgan fingerprint density at radius 2 is 2.25 bits per heavy atom. The second-order valence-electron chi connectivity index (χ2n) is 3.52. The molecule has 12 heavy (non-hydrogen) atoms. The first kappa shape index (κ1) is 9.56. The number of hydrogen-bond acceptors (Lipinski definition) is 2. The van der Waals surface area contributed by atoms with Gasteiger partial charge in [0.2, 0.25) is 0 Å². The first-order valence-corrected chi connectivity index (χ1v) is 4.97. The van der Waals surface area contributed by atoms with Crippen LogP contribution in [0.4, 0.5) is 0 Å². The van der Waals surface area contributed by atoms with Crippen molar-refractivity contribution in [2.75, 3.05) is 0 Å². The molecule has 0 aliphatic carbocycles. The van der Waals surface area contributed by atoms with E-state index >= 15 is 0 Å². The van der Waals surface area contributed by atoms with Gasteiger partial charge in [-0.1, -0.05) is 20.3 Å². The van der Waals surface area contributed by atoms with E-state index in [1.54, 1.807) is 0 Å². The zero-order valence-electron chi connectivity index (χ0n) is 8.01. The minimum atomic E-state index is -0.00537. The van der Waals surface area contributed by atoms with Crippen LogP contribution in [0.3, 0.4) is 0 Å². The summed E-state index contributed by atoms with van der Waals surface area (Å²) in [5, 5.41) is 0. The van der Waals surface area contributed by atoms with E-state index in [0.717, 1.165) is 12.8 Å². The Morgan fingerprint density at radius 1 is 1.50 bits per heavy atom. The summed E-state index contributed by atoms with van der Waals surface area (Å²) in [5.74, 6) is 0.618. The van der Waals surface area contributed by atoms with Gasteiger partial charge >= 0.3 is 5.97 Å². The predicted octanol–water partition coefficient (Wildman–Crippen LogP) is 2.52. The summed E-state index contributed by atoms with van der Waals surface area (Å²) in [5.41, 5.74) is 0. The Morgan fingerprint density at radius 3 is 2.83 bits per heavy atom. The summed E-state index contributed by atoms with van der Waals surface area (Å²) in [6.45, 7) is 4.27. The normalized spacial score (nSPS) is 30.0. The molecule has 0 radical (unpaired) electrons. The minimum absolute atomic E-state index is 0.00537. The fourth-order valence-electron chi connectivity index (χ4n) is 1.93. The molecule has 1 fully saturated rings. The Hall–Kier alpha value is -0.530. The standard InChI is InChI=1S/C10H18O2/c1-3-5-8-6-7-10(11)12-9(8)4-2/h8-9H,3-7H2,1-2H3. The van der Waals surface area contributed by atoms with Crippen LogP contribution in [0.25, 0.3) is 0 Å². The SMILES string of the molecule is CCCC1CCC(=O)OC1CC. The van der Waals surface area contributed by atoms with Crippen LogP contribution in [0.1, 0.15) is 46.0 Å². The maximum absolute atomic E-state index is 11.0. The zero-order chi connectivity index (χ0) is 8.97. The molecule has 1 saturated heterocycles. The van der Waals surface area contributed by atoms with E-state index in [0.29, 0.717) is 12.3 Å². The monoisotopic (exact) mass is 170 g/mol. The van der Waals surface area contributed by atoms with Crippen LogP contribution in [0.15, 0.2) is 0 Å². The Kier molecular flexibility index (Phi) is 3.57. The molecule has 0 aromatic carbocycles. The highest BCUT2D eigenvalue weighted by molar-refractivity contribution is 5.70. The van der Waals surface area contributed by atoms with Crippen molar-refractivity contribution >= 4 is 5.97 Å². The lowest BCUT2D eigenvalue weighted by Gasteiger charge is -2.30. The van der Waals surface area contributed by atoms with Crippen molar-refractivity contribution in [1.82, 2.24) is 0 Å². The average molecular weight is 170 g/mol. The van der Waals surface area contributed by atoms with Crippen LogP contribution in [-0.2, 0) is 9.53 Å². The average Bonchev–Trinajstić information content (AvgIpc) is 2.08. The smallest absolute Gasteiger partial charge is 0.306 e. The molecule has 0 spiro atoms. The molecule has 1 aliphatic rings. The molecule has 0 amide bonds. The van der Waals surface area contributed by atoms with Crippen LogP contribution in [0.5, 0.6) is 0 Å². The molecular weight excluding hydrogens is 152 g/mol. The van der Waals surface area contributed by atoms with Crippen LogP contribution >= 0.6 is 0 Å². The van der Waals surface area contributed by atoms with E-state index in [4.69, 9.17) is 4.74 Å². The molecule has 0 saturated carbocycles. The van der Waals surface area contributed by atoms with E-state index in [2.05, 4.69) is 13.8 Å². The molecule has 1 rings (SSSR count). The quantitative estimate of drug-likeness (QED) is 0.608. The highest BCUT2D eigenvalue weighted by Crippen LogP contribution is 2.27. The van der Waals surface area contributed by atoms with Crippen molar-refractivity contribution in [2.24, 2.45) is 5.92 Å². The largest absolute Gasteiger partial charge is 0.462 e. The van der Waals surface area contributed by atoms with Gasteiger partial charge in [0.15, 0.2) is 0 Å². The Bertz CT molecular complexity index is 154. The second kappa shape index (κ2) is 4.48. The summed E-state index contributed by atoms with van der Waals surface area (Å²) in [6.07, 6.45) is 5.22. The van der Waals surface area contributed by atoms with Gasteiger partial charge in [-0.15, -0.1) is 0 Å². The molecule has 0 bridgehead atoms. The van der Waals surface area contributed by atoms with Crippen LogP contribution in [0, 0.1) is 5.92 Å². The maximum Gasteiger partial charge on any atom is 0.306 e. The third-order valence-electron chi connectivity index (χ3n) is 2.59. The van der Waals surface area contributed by atoms with Gasteiger partial charge in [-0.3, -0.25) is 4.79 Å². The van der Waals surface area contributed by atoms with Crippen molar-refractivity contribution in [3.05, 3.63) is 0 Å². The minimum Gasteiger partial charge on any atom is -0.462 e. The van der Waals surface area contributed by atoms with E-state index in [-0.39, 0.29) is 12.1 Å². The van der Waals surface area contributed by atoms with Gasteiger partial charge in [0.25, 0.3) is 0 Å². The maximum atomic E-state index is 11.0. The van der Waals surface area contributed by atoms with Crippen molar-refractivity contribution in [2.45, 2.75) is 52.1 Å². The van der Waals surface area contributed by atoms with Gasteiger partial charge in [-0.25, -0.2) is 0 Å². The fraction of sp³-hybridized carbons (Fsp3) is 0.900. The summed E-state index contributed by atoms with van der Waals surface area (Å²) < 4.78 is 5.26. The van der Waals surface area contributed by atoms with E-state index in [1.165, 1.54) is 12.8 Å². The number of hydrogen-bond donors (Lipinski definition) is 0. The summed E-state index contributed by atoms with van der Waals surface area (Å²) in [6, 6.07) is 0. The van der Waals surface area contributed by atoms with Gasteiger partial charge in [0.1, 0.15) is 6.10 Å². The molecule has 1 aliphatic heterocycles. The lowest BCUT2D eigenvalue weighted by molar-refractivity contribution is -0.158. The molecule has 1 heterocycles. The van der Waals surface area contributed by atoms with Gasteiger partial charge < -0.3 is 4.74 Å². The summed E-state index contributed by atoms with van der Waals surface area (Å²) in [4.78, 5) is 11.0.